The minimum absolute atomic E-state index is 0.212. The summed E-state index contributed by atoms with van der Waals surface area (Å²) in [4.78, 5) is 13.1. The molecule has 4 nitrogen and oxygen atoms in total. The first-order valence-corrected chi connectivity index (χ1v) is 4.81. The van der Waals surface area contributed by atoms with Crippen molar-refractivity contribution in [2.24, 2.45) is 5.73 Å². The number of rotatable bonds is 7. The number of likely N-dealkylation sites (N-methyl/N-ethyl adjacent to an activating group) is 2. The van der Waals surface area contributed by atoms with E-state index in [0.717, 1.165) is 25.9 Å². The molecule has 78 valence electrons. The number of nitrogens with one attached hydrogen (secondary N) is 1. The first kappa shape index (κ1) is 12.4. The molecule has 0 rings (SSSR count). The van der Waals surface area contributed by atoms with Gasteiger partial charge in [0.25, 0.3) is 0 Å². The van der Waals surface area contributed by atoms with Gasteiger partial charge in [-0.05, 0) is 26.4 Å². The van der Waals surface area contributed by atoms with E-state index in [1.807, 2.05) is 14.1 Å². The van der Waals surface area contributed by atoms with Crippen molar-refractivity contribution < 1.29 is 4.79 Å². The molecule has 0 spiro atoms. The molecule has 0 atom stereocenters. The van der Waals surface area contributed by atoms with E-state index < -0.39 is 0 Å². The fraction of sp³-hybridized carbons (Fsp3) is 0.889. The number of carbonyl (C=O) groups excluding carboxylic acids is 1. The Balaban J connectivity index is 3.45. The van der Waals surface area contributed by atoms with E-state index in [4.69, 9.17) is 5.73 Å². The van der Waals surface area contributed by atoms with Crippen LogP contribution in [-0.2, 0) is 4.79 Å². The molecule has 4 heteroatoms. The second kappa shape index (κ2) is 8.01. The molecule has 0 saturated carbocycles. The van der Waals surface area contributed by atoms with E-state index in [1.54, 1.807) is 4.90 Å². The minimum Gasteiger partial charge on any atom is -0.344 e. The van der Waals surface area contributed by atoms with Crippen molar-refractivity contribution >= 4 is 5.91 Å². The lowest BCUT2D eigenvalue weighted by atomic mass is 10.2. The Hall–Kier alpha value is -0.610. The molecule has 0 aromatic heterocycles. The van der Waals surface area contributed by atoms with E-state index in [2.05, 4.69) is 5.32 Å². The zero-order valence-electron chi connectivity index (χ0n) is 8.68. The SMILES string of the molecule is CNCCN(C)C(=O)CCCCN. The average Bonchev–Trinajstić information content (AvgIpc) is 2.14. The largest absolute Gasteiger partial charge is 0.344 e. The highest BCUT2D eigenvalue weighted by Gasteiger charge is 2.06. The Labute approximate surface area is 80.5 Å². The van der Waals surface area contributed by atoms with Gasteiger partial charge in [-0.15, -0.1) is 0 Å². The molecule has 1 amide bonds. The van der Waals surface area contributed by atoms with Gasteiger partial charge >= 0.3 is 0 Å². The predicted octanol–water partition coefficient (Wildman–Crippen LogP) is -0.207. The molecule has 0 heterocycles. The summed E-state index contributed by atoms with van der Waals surface area (Å²) in [6, 6.07) is 0. The maximum absolute atomic E-state index is 11.4. The van der Waals surface area contributed by atoms with Crippen LogP contribution in [0.25, 0.3) is 0 Å². The molecular formula is C9H21N3O. The quantitative estimate of drug-likeness (QED) is 0.542. The van der Waals surface area contributed by atoms with Crippen LogP contribution in [0.5, 0.6) is 0 Å². The molecule has 0 aliphatic heterocycles. The predicted molar refractivity (Wildman–Crippen MR) is 54.5 cm³/mol. The molecular weight excluding hydrogens is 166 g/mol. The second-order valence-corrected chi connectivity index (χ2v) is 3.16. The van der Waals surface area contributed by atoms with E-state index in [9.17, 15) is 4.79 Å². The Bertz CT molecular complexity index is 139. The average molecular weight is 187 g/mol. The Morgan fingerprint density at radius 1 is 1.46 bits per heavy atom. The van der Waals surface area contributed by atoms with Gasteiger partial charge in [0.2, 0.25) is 5.91 Å². The van der Waals surface area contributed by atoms with Gasteiger partial charge < -0.3 is 16.0 Å². The van der Waals surface area contributed by atoms with Crippen molar-refractivity contribution in [3.63, 3.8) is 0 Å². The first-order chi connectivity index (χ1) is 6.22. The molecule has 0 aromatic rings. The number of nitrogens with zero attached hydrogens (tertiary/aromatic N) is 1. The van der Waals surface area contributed by atoms with Gasteiger partial charge in [0.15, 0.2) is 0 Å². The van der Waals surface area contributed by atoms with E-state index >= 15 is 0 Å². The van der Waals surface area contributed by atoms with Crippen molar-refractivity contribution in [1.82, 2.24) is 10.2 Å². The minimum atomic E-state index is 0.212. The molecule has 0 aliphatic carbocycles. The standard InChI is InChI=1S/C9H21N3O/c1-11-7-8-12(2)9(13)5-3-4-6-10/h11H,3-8,10H2,1-2H3. The Morgan fingerprint density at radius 2 is 2.15 bits per heavy atom. The summed E-state index contributed by atoms with van der Waals surface area (Å²) < 4.78 is 0. The normalized spacial score (nSPS) is 10.1. The third-order valence-corrected chi connectivity index (χ3v) is 1.97. The van der Waals surface area contributed by atoms with E-state index in [1.165, 1.54) is 0 Å². The summed E-state index contributed by atoms with van der Waals surface area (Å²) in [5.74, 6) is 0.212. The highest BCUT2D eigenvalue weighted by Crippen LogP contribution is 1.97. The van der Waals surface area contributed by atoms with Gasteiger partial charge in [-0.3, -0.25) is 4.79 Å². The van der Waals surface area contributed by atoms with Crippen molar-refractivity contribution in [3.8, 4) is 0 Å². The van der Waals surface area contributed by atoms with Gasteiger partial charge in [0, 0.05) is 26.6 Å². The fourth-order valence-corrected chi connectivity index (χ4v) is 1.02. The number of carbonyl (C=O) groups is 1. The topological polar surface area (TPSA) is 58.4 Å². The van der Waals surface area contributed by atoms with Crippen LogP contribution in [-0.4, -0.2) is 44.5 Å². The van der Waals surface area contributed by atoms with Crippen molar-refractivity contribution in [1.29, 1.82) is 0 Å². The molecule has 0 aromatic carbocycles. The van der Waals surface area contributed by atoms with Gasteiger partial charge in [-0.2, -0.15) is 0 Å². The molecule has 0 radical (unpaired) electrons. The maximum Gasteiger partial charge on any atom is 0.222 e. The maximum atomic E-state index is 11.4. The van der Waals surface area contributed by atoms with Gasteiger partial charge in [0.05, 0.1) is 0 Å². The van der Waals surface area contributed by atoms with Crippen molar-refractivity contribution in [2.45, 2.75) is 19.3 Å². The molecule has 13 heavy (non-hydrogen) atoms. The highest BCUT2D eigenvalue weighted by atomic mass is 16.2. The third-order valence-electron chi connectivity index (χ3n) is 1.97. The Kier molecular flexibility index (Phi) is 7.63. The summed E-state index contributed by atoms with van der Waals surface area (Å²) >= 11 is 0. The van der Waals surface area contributed by atoms with Crippen LogP contribution < -0.4 is 11.1 Å². The molecule has 0 saturated heterocycles. The van der Waals surface area contributed by atoms with Gasteiger partial charge in [0.1, 0.15) is 0 Å². The smallest absolute Gasteiger partial charge is 0.222 e. The summed E-state index contributed by atoms with van der Waals surface area (Å²) in [5, 5.41) is 3.01. The summed E-state index contributed by atoms with van der Waals surface area (Å²) in [7, 11) is 3.72. The van der Waals surface area contributed by atoms with E-state index in [0.29, 0.717) is 13.0 Å². The number of unbranched alkanes of at least 4 members (excludes halogenated alkanes) is 1. The second-order valence-electron chi connectivity index (χ2n) is 3.16. The van der Waals surface area contributed by atoms with Crippen LogP contribution in [0.1, 0.15) is 19.3 Å². The lowest BCUT2D eigenvalue weighted by Crippen LogP contribution is -2.32. The van der Waals surface area contributed by atoms with Crippen LogP contribution >= 0.6 is 0 Å². The number of hydrogen-bond acceptors (Lipinski definition) is 3. The number of nitrogens with two attached hydrogens (primary N) is 1. The van der Waals surface area contributed by atoms with Crippen LogP contribution in [0.15, 0.2) is 0 Å². The fourth-order valence-electron chi connectivity index (χ4n) is 1.02. The van der Waals surface area contributed by atoms with Crippen molar-refractivity contribution in [2.75, 3.05) is 33.7 Å². The van der Waals surface area contributed by atoms with Crippen LogP contribution in [0, 0.1) is 0 Å². The van der Waals surface area contributed by atoms with Crippen molar-refractivity contribution in [3.05, 3.63) is 0 Å². The lowest BCUT2D eigenvalue weighted by Gasteiger charge is -2.16. The zero-order valence-corrected chi connectivity index (χ0v) is 8.68. The lowest BCUT2D eigenvalue weighted by molar-refractivity contribution is -0.129. The molecule has 0 fully saturated rings. The highest BCUT2D eigenvalue weighted by molar-refractivity contribution is 5.75. The van der Waals surface area contributed by atoms with Gasteiger partial charge in [-0.25, -0.2) is 0 Å². The summed E-state index contributed by atoms with van der Waals surface area (Å²) in [5.41, 5.74) is 5.34. The summed E-state index contributed by atoms with van der Waals surface area (Å²) in [6.07, 6.45) is 2.46. The molecule has 0 aliphatic rings. The van der Waals surface area contributed by atoms with Gasteiger partial charge in [-0.1, -0.05) is 0 Å². The van der Waals surface area contributed by atoms with Crippen LogP contribution in [0.2, 0.25) is 0 Å². The number of amides is 1. The molecule has 0 bridgehead atoms. The number of hydrogen-bond donors (Lipinski definition) is 2. The molecule has 0 unspecified atom stereocenters. The van der Waals surface area contributed by atoms with Crippen LogP contribution in [0.4, 0.5) is 0 Å². The first-order valence-electron chi connectivity index (χ1n) is 4.81. The Morgan fingerprint density at radius 3 is 2.69 bits per heavy atom. The summed E-state index contributed by atoms with van der Waals surface area (Å²) in [6.45, 7) is 2.30. The monoisotopic (exact) mass is 187 g/mol. The molecule has 3 N–H and O–H groups in total. The third kappa shape index (κ3) is 6.54. The van der Waals surface area contributed by atoms with E-state index in [-0.39, 0.29) is 5.91 Å². The zero-order chi connectivity index (χ0) is 10.1. The van der Waals surface area contributed by atoms with Crippen LogP contribution in [0.3, 0.4) is 0 Å².